The number of thioether (sulfide) groups is 1. The van der Waals surface area contributed by atoms with E-state index >= 15 is 0 Å². The molecule has 0 amide bonds. The highest BCUT2D eigenvalue weighted by Gasteiger charge is 2.36. The maximum absolute atomic E-state index is 13.9. The van der Waals surface area contributed by atoms with Gasteiger partial charge in [-0.25, -0.2) is 9.07 Å². The number of hydrogen-bond donors (Lipinski definition) is 1. The first-order valence-electron chi connectivity index (χ1n) is 9.46. The number of aromatic nitrogens is 4. The summed E-state index contributed by atoms with van der Waals surface area (Å²) in [6.45, 7) is 0. The van der Waals surface area contributed by atoms with E-state index < -0.39 is 0 Å². The molecule has 0 unspecified atom stereocenters. The number of ketones is 1. The highest BCUT2D eigenvalue weighted by atomic mass is 32.2. The molecule has 0 radical (unpaired) electrons. The molecule has 0 spiro atoms. The van der Waals surface area contributed by atoms with Gasteiger partial charge in [0.2, 0.25) is 11.1 Å². The lowest BCUT2D eigenvalue weighted by atomic mass is 9.86. The number of pyridine rings is 1. The first-order valence-corrected chi connectivity index (χ1v) is 10.4. The standard InChI is InChI=1S/C21H18FN5OS/c22-15-5-2-1-4-14(15)12-29-21-25-20-24-16-6-3-7-17(28)18(16)19(27(20)26-21)13-8-10-23-11-9-13/h1-2,4-5,8-11,19H,3,6-7,12H2,(H,24,25,26)/t19-/m1/s1. The number of rotatable bonds is 4. The summed E-state index contributed by atoms with van der Waals surface area (Å²) in [5.74, 6) is 0.945. The molecule has 3 aromatic rings. The Kier molecular flexibility index (Phi) is 4.63. The van der Waals surface area contributed by atoms with Crippen LogP contribution in [-0.4, -0.2) is 25.5 Å². The third-order valence-electron chi connectivity index (χ3n) is 5.19. The van der Waals surface area contributed by atoms with Crippen LogP contribution in [0.15, 0.2) is 65.2 Å². The molecule has 1 aliphatic carbocycles. The number of benzene rings is 1. The Morgan fingerprint density at radius 1 is 1.17 bits per heavy atom. The van der Waals surface area contributed by atoms with Gasteiger partial charge in [0, 0.05) is 35.8 Å². The number of allylic oxidation sites excluding steroid dienone is 2. The summed E-state index contributed by atoms with van der Waals surface area (Å²) in [4.78, 5) is 21.5. The van der Waals surface area contributed by atoms with Gasteiger partial charge in [-0.05, 0) is 42.2 Å². The van der Waals surface area contributed by atoms with E-state index in [4.69, 9.17) is 0 Å². The Morgan fingerprint density at radius 3 is 2.83 bits per heavy atom. The van der Waals surface area contributed by atoms with Gasteiger partial charge >= 0.3 is 0 Å². The van der Waals surface area contributed by atoms with Crippen molar-refractivity contribution in [1.82, 2.24) is 19.7 Å². The Hall–Kier alpha value is -3.00. The molecule has 2 aliphatic rings. The number of fused-ring (bicyclic) bond motifs is 1. The van der Waals surface area contributed by atoms with Crippen molar-refractivity contribution in [3.8, 4) is 0 Å². The van der Waals surface area contributed by atoms with Crippen molar-refractivity contribution in [2.24, 2.45) is 0 Å². The molecule has 3 heterocycles. The number of anilines is 1. The van der Waals surface area contributed by atoms with Crippen molar-refractivity contribution in [2.75, 3.05) is 5.32 Å². The lowest BCUT2D eigenvalue weighted by Gasteiger charge is -2.32. The van der Waals surface area contributed by atoms with Crippen LogP contribution in [0.4, 0.5) is 10.3 Å². The largest absolute Gasteiger partial charge is 0.328 e. The summed E-state index contributed by atoms with van der Waals surface area (Å²) in [7, 11) is 0. The maximum atomic E-state index is 13.9. The van der Waals surface area contributed by atoms with Crippen molar-refractivity contribution >= 4 is 23.5 Å². The molecule has 1 atom stereocenters. The second-order valence-corrected chi connectivity index (χ2v) is 7.96. The molecule has 5 rings (SSSR count). The van der Waals surface area contributed by atoms with Gasteiger partial charge in [-0.3, -0.25) is 9.78 Å². The van der Waals surface area contributed by atoms with E-state index in [1.54, 1.807) is 29.2 Å². The minimum Gasteiger partial charge on any atom is -0.328 e. The first-order chi connectivity index (χ1) is 14.2. The number of Topliss-reactive ketones (excluding diaryl/α,β-unsaturated/α-hetero) is 1. The summed E-state index contributed by atoms with van der Waals surface area (Å²) in [6, 6.07) is 10.2. The molecule has 146 valence electrons. The van der Waals surface area contributed by atoms with E-state index in [-0.39, 0.29) is 17.6 Å². The van der Waals surface area contributed by atoms with Gasteiger partial charge in [-0.2, -0.15) is 4.98 Å². The Morgan fingerprint density at radius 2 is 2.00 bits per heavy atom. The van der Waals surface area contributed by atoms with Crippen LogP contribution in [0.3, 0.4) is 0 Å². The second kappa shape index (κ2) is 7.44. The third kappa shape index (κ3) is 3.33. The number of halogens is 1. The molecule has 29 heavy (non-hydrogen) atoms. The molecular formula is C21H18FN5OS. The van der Waals surface area contributed by atoms with Gasteiger partial charge in [0.15, 0.2) is 5.78 Å². The zero-order chi connectivity index (χ0) is 19.8. The molecule has 0 saturated carbocycles. The van der Waals surface area contributed by atoms with Crippen molar-refractivity contribution in [3.05, 3.63) is 77.0 Å². The van der Waals surface area contributed by atoms with E-state index in [0.29, 0.717) is 28.8 Å². The second-order valence-electron chi connectivity index (χ2n) is 7.02. The fourth-order valence-electron chi connectivity index (χ4n) is 3.81. The normalized spacial score (nSPS) is 18.2. The lowest BCUT2D eigenvalue weighted by Crippen LogP contribution is -2.31. The van der Waals surface area contributed by atoms with E-state index in [2.05, 4.69) is 20.4 Å². The van der Waals surface area contributed by atoms with Gasteiger partial charge in [0.05, 0.1) is 0 Å². The molecule has 2 aromatic heterocycles. The fraction of sp³-hybridized carbons (Fsp3) is 0.238. The van der Waals surface area contributed by atoms with Crippen LogP contribution in [0.25, 0.3) is 0 Å². The average Bonchev–Trinajstić information content (AvgIpc) is 3.15. The highest BCUT2D eigenvalue weighted by molar-refractivity contribution is 7.98. The van der Waals surface area contributed by atoms with Crippen LogP contribution in [0.5, 0.6) is 0 Å². The summed E-state index contributed by atoms with van der Waals surface area (Å²) < 4.78 is 15.7. The van der Waals surface area contributed by atoms with Crippen molar-refractivity contribution in [2.45, 2.75) is 36.2 Å². The first kappa shape index (κ1) is 18.1. The Balaban J connectivity index is 1.50. The van der Waals surface area contributed by atoms with Crippen molar-refractivity contribution < 1.29 is 9.18 Å². The molecule has 6 nitrogen and oxygen atoms in total. The summed E-state index contributed by atoms with van der Waals surface area (Å²) in [6.07, 6.45) is 5.62. The molecule has 8 heteroatoms. The van der Waals surface area contributed by atoms with E-state index in [1.807, 2.05) is 18.2 Å². The summed E-state index contributed by atoms with van der Waals surface area (Å²) in [5, 5.41) is 8.50. The Bertz CT molecular complexity index is 1110. The monoisotopic (exact) mass is 407 g/mol. The molecule has 1 N–H and O–H groups in total. The van der Waals surface area contributed by atoms with Crippen LogP contribution in [0.2, 0.25) is 0 Å². The van der Waals surface area contributed by atoms with Crippen LogP contribution in [-0.2, 0) is 10.5 Å². The van der Waals surface area contributed by atoms with Crippen molar-refractivity contribution in [3.63, 3.8) is 0 Å². The van der Waals surface area contributed by atoms with Gasteiger partial charge < -0.3 is 5.32 Å². The summed E-state index contributed by atoms with van der Waals surface area (Å²) in [5.41, 5.74) is 3.23. The average molecular weight is 407 g/mol. The predicted molar refractivity (Wildman–Crippen MR) is 108 cm³/mol. The summed E-state index contributed by atoms with van der Waals surface area (Å²) >= 11 is 1.37. The smallest absolute Gasteiger partial charge is 0.227 e. The fourth-order valence-corrected chi connectivity index (χ4v) is 4.62. The number of carbonyl (C=O) groups excluding carboxylic acids is 1. The number of hydrogen-bond acceptors (Lipinski definition) is 6. The number of nitrogens with one attached hydrogen (secondary N) is 1. The van der Waals surface area contributed by atoms with Crippen LogP contribution in [0.1, 0.15) is 36.4 Å². The van der Waals surface area contributed by atoms with Gasteiger partial charge in [-0.1, -0.05) is 30.0 Å². The Labute approximate surface area is 171 Å². The van der Waals surface area contributed by atoms with Crippen LogP contribution >= 0.6 is 11.8 Å². The van der Waals surface area contributed by atoms with Gasteiger partial charge in [0.25, 0.3) is 0 Å². The van der Waals surface area contributed by atoms with E-state index in [9.17, 15) is 9.18 Å². The zero-order valence-corrected chi connectivity index (χ0v) is 16.3. The number of nitrogens with zero attached hydrogens (tertiary/aromatic N) is 4. The number of carbonyl (C=O) groups is 1. The molecule has 1 aliphatic heterocycles. The molecule has 0 fully saturated rings. The van der Waals surface area contributed by atoms with Crippen molar-refractivity contribution in [1.29, 1.82) is 0 Å². The van der Waals surface area contributed by atoms with Crippen LogP contribution < -0.4 is 5.32 Å². The molecule has 0 bridgehead atoms. The quantitative estimate of drug-likeness (QED) is 0.656. The topological polar surface area (TPSA) is 72.7 Å². The third-order valence-corrected chi connectivity index (χ3v) is 6.07. The zero-order valence-electron chi connectivity index (χ0n) is 15.5. The lowest BCUT2D eigenvalue weighted by molar-refractivity contribution is -0.116. The van der Waals surface area contributed by atoms with Gasteiger partial charge in [-0.15, -0.1) is 5.10 Å². The SMILES string of the molecule is O=C1CCCC2=C1[C@@H](c1ccncc1)n1nc(SCc3ccccc3F)nc1N2. The molecular weight excluding hydrogens is 389 g/mol. The predicted octanol–water partition coefficient (Wildman–Crippen LogP) is 4.13. The maximum Gasteiger partial charge on any atom is 0.227 e. The van der Waals surface area contributed by atoms with Gasteiger partial charge in [0.1, 0.15) is 11.9 Å². The highest BCUT2D eigenvalue weighted by Crippen LogP contribution is 2.40. The van der Waals surface area contributed by atoms with E-state index in [0.717, 1.165) is 29.7 Å². The molecule has 0 saturated heterocycles. The van der Waals surface area contributed by atoms with E-state index in [1.165, 1.54) is 17.8 Å². The minimum atomic E-state index is -0.327. The molecule has 1 aromatic carbocycles. The minimum absolute atomic E-state index is 0.141. The van der Waals surface area contributed by atoms with Crippen LogP contribution in [0, 0.1) is 5.82 Å².